The average Bonchev–Trinajstić information content (AvgIpc) is 3.33. The first-order chi connectivity index (χ1) is 13.6. The molecule has 0 atom stereocenters. The van der Waals surface area contributed by atoms with Crippen LogP contribution in [0.25, 0.3) is 22.2 Å². The van der Waals surface area contributed by atoms with Gasteiger partial charge in [-0.3, -0.25) is 9.89 Å². The SMILES string of the molecule is Cc1cccc2c3c([nH]c12)CCN(C(=O)c1cn[nH]c1-c1cccc(F)c1)C3. The summed E-state index contributed by atoms with van der Waals surface area (Å²) in [5, 5.41) is 8.06. The first-order valence-corrected chi connectivity index (χ1v) is 9.29. The van der Waals surface area contributed by atoms with E-state index < -0.39 is 0 Å². The van der Waals surface area contributed by atoms with Crippen molar-refractivity contribution in [1.29, 1.82) is 0 Å². The van der Waals surface area contributed by atoms with Gasteiger partial charge in [0.2, 0.25) is 0 Å². The van der Waals surface area contributed by atoms with Gasteiger partial charge in [-0.1, -0.05) is 30.3 Å². The summed E-state index contributed by atoms with van der Waals surface area (Å²) in [5.74, 6) is -0.442. The van der Waals surface area contributed by atoms with Gasteiger partial charge >= 0.3 is 0 Å². The number of halogens is 1. The van der Waals surface area contributed by atoms with Gasteiger partial charge in [0.1, 0.15) is 5.82 Å². The first-order valence-electron chi connectivity index (χ1n) is 9.29. The lowest BCUT2D eigenvalue weighted by Gasteiger charge is -2.27. The normalized spacial score (nSPS) is 13.7. The number of para-hydroxylation sites is 1. The summed E-state index contributed by atoms with van der Waals surface area (Å²) in [6.07, 6.45) is 2.31. The van der Waals surface area contributed by atoms with Crippen molar-refractivity contribution in [2.75, 3.05) is 6.54 Å². The fraction of sp³-hybridized carbons (Fsp3) is 0.182. The molecule has 5 rings (SSSR count). The fourth-order valence-corrected chi connectivity index (χ4v) is 4.04. The van der Waals surface area contributed by atoms with Crippen LogP contribution in [0.2, 0.25) is 0 Å². The number of aryl methyl sites for hydroxylation is 1. The molecule has 2 aromatic carbocycles. The van der Waals surface area contributed by atoms with Crippen LogP contribution in [0.3, 0.4) is 0 Å². The number of benzene rings is 2. The van der Waals surface area contributed by atoms with Crippen LogP contribution >= 0.6 is 0 Å². The number of rotatable bonds is 2. The van der Waals surface area contributed by atoms with Crippen LogP contribution < -0.4 is 0 Å². The third kappa shape index (κ3) is 2.60. The zero-order valence-electron chi connectivity index (χ0n) is 15.4. The minimum atomic E-state index is -0.345. The Morgan fingerprint density at radius 2 is 2.07 bits per heavy atom. The molecule has 0 saturated heterocycles. The van der Waals surface area contributed by atoms with Gasteiger partial charge in [-0.05, 0) is 24.6 Å². The van der Waals surface area contributed by atoms with Gasteiger partial charge in [-0.2, -0.15) is 5.10 Å². The maximum Gasteiger partial charge on any atom is 0.258 e. The summed E-state index contributed by atoms with van der Waals surface area (Å²) in [7, 11) is 0. The molecule has 0 fully saturated rings. The second kappa shape index (κ2) is 6.34. The van der Waals surface area contributed by atoms with E-state index in [1.165, 1.54) is 40.5 Å². The second-order valence-electron chi connectivity index (χ2n) is 7.23. The Labute approximate surface area is 161 Å². The molecule has 1 amide bonds. The smallest absolute Gasteiger partial charge is 0.258 e. The highest BCUT2D eigenvalue weighted by atomic mass is 19.1. The van der Waals surface area contributed by atoms with Crippen LogP contribution in [0.4, 0.5) is 4.39 Å². The van der Waals surface area contributed by atoms with Gasteiger partial charge in [0.05, 0.1) is 17.5 Å². The van der Waals surface area contributed by atoms with Crippen LogP contribution in [0.5, 0.6) is 0 Å². The van der Waals surface area contributed by atoms with E-state index in [4.69, 9.17) is 0 Å². The highest BCUT2D eigenvalue weighted by Crippen LogP contribution is 2.31. The molecule has 1 aliphatic rings. The van der Waals surface area contributed by atoms with E-state index in [0.717, 1.165) is 11.9 Å². The Morgan fingerprint density at radius 3 is 2.93 bits per heavy atom. The molecule has 0 spiro atoms. The average molecular weight is 374 g/mol. The molecule has 140 valence electrons. The van der Waals surface area contributed by atoms with Crippen LogP contribution in [0.15, 0.2) is 48.7 Å². The number of aromatic nitrogens is 3. The molecule has 28 heavy (non-hydrogen) atoms. The number of fused-ring (bicyclic) bond motifs is 3. The first kappa shape index (κ1) is 16.7. The van der Waals surface area contributed by atoms with Crippen molar-refractivity contribution in [3.8, 4) is 11.3 Å². The molecule has 2 aromatic heterocycles. The quantitative estimate of drug-likeness (QED) is 0.552. The summed E-state index contributed by atoms with van der Waals surface area (Å²) < 4.78 is 13.6. The minimum absolute atomic E-state index is 0.0966. The Balaban J connectivity index is 1.49. The molecule has 2 N–H and O–H groups in total. The van der Waals surface area contributed by atoms with Gasteiger partial charge in [-0.15, -0.1) is 0 Å². The van der Waals surface area contributed by atoms with Gasteiger partial charge in [-0.25, -0.2) is 4.39 Å². The van der Waals surface area contributed by atoms with Crippen molar-refractivity contribution >= 4 is 16.8 Å². The summed E-state index contributed by atoms with van der Waals surface area (Å²) in [6, 6.07) is 12.4. The number of nitrogens with zero attached hydrogens (tertiary/aromatic N) is 2. The van der Waals surface area contributed by atoms with Crippen molar-refractivity contribution < 1.29 is 9.18 Å². The van der Waals surface area contributed by atoms with E-state index >= 15 is 0 Å². The lowest BCUT2D eigenvalue weighted by atomic mass is 10.0. The second-order valence-corrected chi connectivity index (χ2v) is 7.23. The number of nitrogens with one attached hydrogen (secondary N) is 2. The van der Waals surface area contributed by atoms with Gasteiger partial charge in [0.15, 0.2) is 0 Å². The predicted octanol–water partition coefficient (Wildman–Crippen LogP) is 4.20. The topological polar surface area (TPSA) is 64.8 Å². The monoisotopic (exact) mass is 374 g/mol. The van der Waals surface area contributed by atoms with E-state index in [2.05, 4.69) is 34.2 Å². The highest BCUT2D eigenvalue weighted by molar-refractivity contribution is 6.00. The lowest BCUT2D eigenvalue weighted by molar-refractivity contribution is 0.0736. The predicted molar refractivity (Wildman–Crippen MR) is 105 cm³/mol. The molecule has 0 saturated carbocycles. The lowest BCUT2D eigenvalue weighted by Crippen LogP contribution is -2.35. The van der Waals surface area contributed by atoms with E-state index in [1.54, 1.807) is 12.1 Å². The number of carbonyl (C=O) groups excluding carboxylic acids is 1. The maximum absolute atomic E-state index is 13.6. The summed E-state index contributed by atoms with van der Waals surface area (Å²) in [6.45, 7) is 3.26. The zero-order valence-corrected chi connectivity index (χ0v) is 15.4. The molecule has 0 aliphatic carbocycles. The Kier molecular flexibility index (Phi) is 3.79. The summed E-state index contributed by atoms with van der Waals surface area (Å²) in [5.41, 5.74) is 6.34. The van der Waals surface area contributed by atoms with E-state index in [-0.39, 0.29) is 11.7 Å². The van der Waals surface area contributed by atoms with E-state index in [9.17, 15) is 9.18 Å². The van der Waals surface area contributed by atoms with E-state index in [1.807, 2.05) is 11.0 Å². The number of carbonyl (C=O) groups is 1. The number of hydrogen-bond donors (Lipinski definition) is 2. The van der Waals surface area contributed by atoms with Crippen LogP contribution in [-0.4, -0.2) is 32.5 Å². The summed E-state index contributed by atoms with van der Waals surface area (Å²) in [4.78, 5) is 18.6. The molecule has 4 aromatic rings. The molecular formula is C22H19FN4O. The minimum Gasteiger partial charge on any atom is -0.358 e. The number of H-pyrrole nitrogens is 2. The van der Waals surface area contributed by atoms with Crippen LogP contribution in [0.1, 0.15) is 27.2 Å². The Bertz CT molecular complexity index is 1210. The van der Waals surface area contributed by atoms with Crippen LogP contribution in [-0.2, 0) is 13.0 Å². The molecule has 5 nitrogen and oxygen atoms in total. The third-order valence-corrected chi connectivity index (χ3v) is 5.49. The van der Waals surface area contributed by atoms with Crippen molar-refractivity contribution in [1.82, 2.24) is 20.1 Å². The van der Waals surface area contributed by atoms with Gasteiger partial charge in [0.25, 0.3) is 5.91 Å². The van der Waals surface area contributed by atoms with Gasteiger partial charge in [0, 0.05) is 47.2 Å². The van der Waals surface area contributed by atoms with E-state index in [0.29, 0.717) is 29.9 Å². The van der Waals surface area contributed by atoms with Crippen molar-refractivity contribution in [3.63, 3.8) is 0 Å². The Hall–Kier alpha value is -3.41. The van der Waals surface area contributed by atoms with Crippen molar-refractivity contribution in [3.05, 3.63) is 76.9 Å². The molecule has 3 heterocycles. The standard InChI is InChI=1S/C22H19FN4O/c1-13-4-2-7-16-18-12-27(9-8-19(18)25-20(13)16)22(28)17-11-24-26-21(17)14-5-3-6-15(23)10-14/h2-7,10-11,25H,8-9,12H2,1H3,(H,24,26). The van der Waals surface area contributed by atoms with Gasteiger partial charge < -0.3 is 9.88 Å². The largest absolute Gasteiger partial charge is 0.358 e. The maximum atomic E-state index is 13.6. The number of aromatic amines is 2. The molecule has 6 heteroatoms. The molecular weight excluding hydrogens is 355 g/mol. The zero-order chi connectivity index (χ0) is 19.3. The highest BCUT2D eigenvalue weighted by Gasteiger charge is 2.27. The van der Waals surface area contributed by atoms with Crippen molar-refractivity contribution in [2.45, 2.75) is 19.9 Å². The van der Waals surface area contributed by atoms with Crippen LogP contribution in [0, 0.1) is 12.7 Å². The number of hydrogen-bond acceptors (Lipinski definition) is 2. The molecule has 0 bridgehead atoms. The molecule has 1 aliphatic heterocycles. The Morgan fingerprint density at radius 1 is 1.21 bits per heavy atom. The fourth-order valence-electron chi connectivity index (χ4n) is 4.04. The summed E-state index contributed by atoms with van der Waals surface area (Å²) >= 11 is 0. The number of amides is 1. The third-order valence-electron chi connectivity index (χ3n) is 5.49. The molecule has 0 unspecified atom stereocenters. The molecule has 0 radical (unpaired) electrons. The van der Waals surface area contributed by atoms with Crippen molar-refractivity contribution in [2.24, 2.45) is 0 Å².